The highest BCUT2D eigenvalue weighted by molar-refractivity contribution is 7.26. The van der Waals surface area contributed by atoms with Gasteiger partial charge in [0.15, 0.2) is 0 Å². The van der Waals surface area contributed by atoms with E-state index in [1.807, 2.05) is 17.4 Å². The molecule has 0 aliphatic rings. The van der Waals surface area contributed by atoms with Crippen LogP contribution in [0.4, 0.5) is 0 Å². The Bertz CT molecular complexity index is 1310. The maximum atomic E-state index is 3.97. The van der Waals surface area contributed by atoms with Crippen LogP contribution in [0.3, 0.4) is 0 Å². The molecule has 0 amide bonds. The smallest absolute Gasteiger partial charge is 0.0479 e. The van der Waals surface area contributed by atoms with Crippen molar-refractivity contribution >= 4 is 65.5 Å². The molecule has 0 spiro atoms. The number of nitrogens with one attached hydrogen (secondary N) is 1. The Hall–Kier alpha value is -2.84. The molecule has 0 fully saturated rings. The van der Waals surface area contributed by atoms with Crippen molar-refractivity contribution in [2.24, 2.45) is 0 Å². The minimum atomic E-state index is 1.19. The van der Waals surface area contributed by atoms with Crippen LogP contribution >= 0.6 is 11.3 Å². The SMILES string of the molecule is C=Cc1ccc2c(sc3cc4[nH]c5ccccc5c4cc32)c1/C=C\C. The van der Waals surface area contributed by atoms with Crippen molar-refractivity contribution in [3.8, 4) is 0 Å². The Morgan fingerprint density at radius 2 is 1.80 bits per heavy atom. The molecule has 0 atom stereocenters. The van der Waals surface area contributed by atoms with E-state index in [0.29, 0.717) is 0 Å². The summed E-state index contributed by atoms with van der Waals surface area (Å²) in [5, 5.41) is 5.24. The molecule has 25 heavy (non-hydrogen) atoms. The zero-order valence-electron chi connectivity index (χ0n) is 14.0. The average molecular weight is 339 g/mol. The summed E-state index contributed by atoms with van der Waals surface area (Å²) in [6.07, 6.45) is 6.23. The number of aromatic amines is 1. The van der Waals surface area contributed by atoms with Gasteiger partial charge in [-0.1, -0.05) is 55.1 Å². The predicted molar refractivity (Wildman–Crippen MR) is 113 cm³/mol. The molecular formula is C23H17NS. The third-order valence-electron chi connectivity index (χ3n) is 4.89. The zero-order valence-corrected chi connectivity index (χ0v) is 14.8. The monoisotopic (exact) mass is 339 g/mol. The lowest BCUT2D eigenvalue weighted by atomic mass is 10.0. The molecule has 0 saturated carbocycles. The van der Waals surface area contributed by atoms with E-state index in [-0.39, 0.29) is 0 Å². The molecule has 1 nitrogen and oxygen atoms in total. The van der Waals surface area contributed by atoms with Crippen molar-refractivity contribution in [2.45, 2.75) is 6.92 Å². The highest BCUT2D eigenvalue weighted by Gasteiger charge is 2.13. The van der Waals surface area contributed by atoms with Crippen LogP contribution in [-0.2, 0) is 0 Å². The molecule has 0 saturated heterocycles. The summed E-state index contributed by atoms with van der Waals surface area (Å²) in [7, 11) is 0. The lowest BCUT2D eigenvalue weighted by Gasteiger charge is -2.02. The van der Waals surface area contributed by atoms with Crippen LogP contribution < -0.4 is 0 Å². The average Bonchev–Trinajstić information content (AvgIpc) is 3.18. The van der Waals surface area contributed by atoms with E-state index < -0.39 is 0 Å². The normalized spacial score (nSPS) is 12.2. The van der Waals surface area contributed by atoms with E-state index >= 15 is 0 Å². The van der Waals surface area contributed by atoms with E-state index in [1.54, 1.807) is 0 Å². The largest absolute Gasteiger partial charge is 0.354 e. The first kappa shape index (κ1) is 14.5. The maximum absolute atomic E-state index is 3.97. The van der Waals surface area contributed by atoms with Crippen LogP contribution in [-0.4, -0.2) is 4.98 Å². The van der Waals surface area contributed by atoms with E-state index in [2.05, 4.69) is 79.2 Å². The molecule has 0 unspecified atom stereocenters. The van der Waals surface area contributed by atoms with Crippen molar-refractivity contribution in [1.82, 2.24) is 4.98 Å². The highest BCUT2D eigenvalue weighted by Crippen LogP contribution is 2.41. The number of H-pyrrole nitrogens is 1. The maximum Gasteiger partial charge on any atom is 0.0479 e. The fourth-order valence-corrected chi connectivity index (χ4v) is 5.00. The quantitative estimate of drug-likeness (QED) is 0.346. The van der Waals surface area contributed by atoms with E-state index in [1.165, 1.54) is 53.1 Å². The predicted octanol–water partition coefficient (Wildman–Crippen LogP) is 7.37. The number of allylic oxidation sites excluding steroid dienone is 1. The Kier molecular flexibility index (Phi) is 3.09. The third kappa shape index (κ3) is 2.01. The zero-order chi connectivity index (χ0) is 17.0. The van der Waals surface area contributed by atoms with E-state index in [0.717, 1.165) is 0 Å². The molecule has 5 rings (SSSR count). The van der Waals surface area contributed by atoms with E-state index in [4.69, 9.17) is 0 Å². The summed E-state index contributed by atoms with van der Waals surface area (Å²) in [4.78, 5) is 3.55. The highest BCUT2D eigenvalue weighted by atomic mass is 32.1. The molecule has 120 valence electrons. The Morgan fingerprint density at radius 3 is 2.64 bits per heavy atom. The van der Waals surface area contributed by atoms with Gasteiger partial charge in [0, 0.05) is 42.0 Å². The van der Waals surface area contributed by atoms with Crippen LogP contribution in [0.25, 0.3) is 54.1 Å². The van der Waals surface area contributed by atoms with Gasteiger partial charge in [-0.05, 0) is 36.2 Å². The van der Waals surface area contributed by atoms with Gasteiger partial charge in [0.05, 0.1) is 0 Å². The summed E-state index contributed by atoms with van der Waals surface area (Å²) >= 11 is 1.86. The van der Waals surface area contributed by atoms with Crippen molar-refractivity contribution in [3.05, 3.63) is 72.3 Å². The van der Waals surface area contributed by atoms with Gasteiger partial charge in [0.2, 0.25) is 0 Å². The summed E-state index contributed by atoms with van der Waals surface area (Å²) in [6, 6.07) is 17.6. The number of para-hydroxylation sites is 1. The van der Waals surface area contributed by atoms with Crippen LogP contribution in [0, 0.1) is 0 Å². The topological polar surface area (TPSA) is 15.8 Å². The first-order chi connectivity index (χ1) is 12.3. The van der Waals surface area contributed by atoms with Crippen molar-refractivity contribution in [1.29, 1.82) is 0 Å². The minimum Gasteiger partial charge on any atom is -0.354 e. The molecule has 5 aromatic rings. The van der Waals surface area contributed by atoms with Crippen LogP contribution in [0.2, 0.25) is 0 Å². The second-order valence-corrected chi connectivity index (χ2v) is 7.37. The van der Waals surface area contributed by atoms with Gasteiger partial charge in [0.1, 0.15) is 0 Å². The van der Waals surface area contributed by atoms with E-state index in [9.17, 15) is 0 Å². The second-order valence-electron chi connectivity index (χ2n) is 6.32. The second kappa shape index (κ2) is 5.33. The lowest BCUT2D eigenvalue weighted by molar-refractivity contribution is 1.56. The summed E-state index contributed by atoms with van der Waals surface area (Å²) < 4.78 is 2.66. The number of benzene rings is 3. The van der Waals surface area contributed by atoms with Crippen molar-refractivity contribution in [3.63, 3.8) is 0 Å². The number of rotatable bonds is 2. The molecule has 2 heterocycles. The fraction of sp³-hybridized carbons (Fsp3) is 0.0435. The third-order valence-corrected chi connectivity index (χ3v) is 6.09. The van der Waals surface area contributed by atoms with Gasteiger partial charge >= 0.3 is 0 Å². The molecular weight excluding hydrogens is 322 g/mol. The number of aromatic nitrogens is 1. The Balaban J connectivity index is 1.95. The van der Waals surface area contributed by atoms with Crippen molar-refractivity contribution < 1.29 is 0 Å². The van der Waals surface area contributed by atoms with Gasteiger partial charge in [0.25, 0.3) is 0 Å². The number of hydrogen-bond acceptors (Lipinski definition) is 1. The summed E-state index contributed by atoms with van der Waals surface area (Å²) in [5.41, 5.74) is 4.86. The van der Waals surface area contributed by atoms with Gasteiger partial charge < -0.3 is 4.98 Å². The first-order valence-electron chi connectivity index (χ1n) is 8.45. The van der Waals surface area contributed by atoms with Crippen LogP contribution in [0.1, 0.15) is 18.1 Å². The van der Waals surface area contributed by atoms with Gasteiger partial charge in [-0.3, -0.25) is 0 Å². The molecule has 1 N–H and O–H groups in total. The standard InChI is InChI=1S/C23H17NS/c1-3-7-15-14(4-2)10-11-17-19-12-18-16-8-5-6-9-20(16)24-21(18)13-22(19)25-23(15)17/h3-13,24H,2H2,1H3/b7-3-. The Morgan fingerprint density at radius 1 is 0.920 bits per heavy atom. The molecule has 0 bridgehead atoms. The number of fused-ring (bicyclic) bond motifs is 6. The molecule has 2 heteroatoms. The summed E-state index contributed by atoms with van der Waals surface area (Å²) in [6.45, 7) is 6.03. The fourth-order valence-electron chi connectivity index (χ4n) is 3.74. The van der Waals surface area contributed by atoms with Gasteiger partial charge in [-0.2, -0.15) is 0 Å². The molecule has 0 radical (unpaired) electrons. The minimum absolute atomic E-state index is 1.19. The van der Waals surface area contributed by atoms with Crippen LogP contribution in [0.15, 0.2) is 61.2 Å². The molecule has 0 aliphatic carbocycles. The Labute approximate surface area is 149 Å². The van der Waals surface area contributed by atoms with Crippen molar-refractivity contribution in [2.75, 3.05) is 0 Å². The lowest BCUT2D eigenvalue weighted by Crippen LogP contribution is -1.80. The van der Waals surface area contributed by atoms with Gasteiger partial charge in [-0.15, -0.1) is 11.3 Å². The van der Waals surface area contributed by atoms with Gasteiger partial charge in [-0.25, -0.2) is 0 Å². The first-order valence-corrected chi connectivity index (χ1v) is 9.26. The summed E-state index contributed by atoms with van der Waals surface area (Å²) in [5.74, 6) is 0. The molecule has 3 aromatic carbocycles. The number of thiophene rings is 1. The molecule has 0 aliphatic heterocycles. The van der Waals surface area contributed by atoms with Crippen LogP contribution in [0.5, 0.6) is 0 Å². The molecule has 2 aromatic heterocycles. The number of hydrogen-bond donors (Lipinski definition) is 1.